The van der Waals surface area contributed by atoms with E-state index >= 15 is 0 Å². The van der Waals surface area contributed by atoms with Crippen LogP contribution in [0.2, 0.25) is 0 Å². The van der Waals surface area contributed by atoms with Gasteiger partial charge in [-0.1, -0.05) is 43.9 Å². The van der Waals surface area contributed by atoms with E-state index in [0.29, 0.717) is 12.5 Å². The number of nitrogens with one attached hydrogen (secondary N) is 1. The van der Waals surface area contributed by atoms with Gasteiger partial charge in [0.25, 0.3) is 0 Å². The highest BCUT2D eigenvalue weighted by Crippen LogP contribution is 2.33. The lowest BCUT2D eigenvalue weighted by molar-refractivity contribution is -0.128. The summed E-state index contributed by atoms with van der Waals surface area (Å²) < 4.78 is 6.37. The normalized spacial score (nSPS) is 28.2. The number of carbonyl (C=O) groups excluding carboxylic acids is 2. The highest BCUT2D eigenvalue weighted by molar-refractivity contribution is 6.02. The van der Waals surface area contributed by atoms with E-state index in [4.69, 9.17) is 4.74 Å². The summed E-state index contributed by atoms with van der Waals surface area (Å²) in [5.74, 6) is -0.129. The van der Waals surface area contributed by atoms with E-state index in [9.17, 15) is 9.59 Å². The molecule has 5 heteroatoms. The van der Waals surface area contributed by atoms with Crippen molar-refractivity contribution in [2.24, 2.45) is 0 Å². The summed E-state index contributed by atoms with van der Waals surface area (Å²) in [6.07, 6.45) is 10.1. The van der Waals surface area contributed by atoms with E-state index in [2.05, 4.69) is 5.32 Å². The quantitative estimate of drug-likeness (QED) is 0.884. The maximum atomic E-state index is 13.1. The van der Waals surface area contributed by atoms with Crippen LogP contribution in [0.5, 0.6) is 0 Å². The minimum absolute atomic E-state index is 0.0479. The van der Waals surface area contributed by atoms with Crippen LogP contribution < -0.4 is 10.2 Å². The van der Waals surface area contributed by atoms with Crippen LogP contribution in [0.3, 0.4) is 0 Å². The summed E-state index contributed by atoms with van der Waals surface area (Å²) in [5, 5.41) is 3.25. The molecule has 5 nitrogen and oxygen atoms in total. The van der Waals surface area contributed by atoms with Crippen molar-refractivity contribution in [3.8, 4) is 0 Å². The minimum Gasteiger partial charge on any atom is -0.373 e. The Bertz CT molecular complexity index is 699. The van der Waals surface area contributed by atoms with Crippen molar-refractivity contribution in [1.29, 1.82) is 0 Å². The lowest BCUT2D eigenvalue weighted by Crippen LogP contribution is -2.54. The van der Waals surface area contributed by atoms with Gasteiger partial charge in [-0.15, -0.1) is 0 Å². The lowest BCUT2D eigenvalue weighted by atomic mass is 9.91. The zero-order chi connectivity index (χ0) is 18.8. The number of carbonyl (C=O) groups is 2. The number of rotatable bonds is 4. The molecule has 3 aliphatic rings. The molecule has 0 aromatic heterocycles. The maximum Gasteiger partial charge on any atom is 0.243 e. The Kier molecular flexibility index (Phi) is 5.48. The second-order valence-corrected chi connectivity index (χ2v) is 8.22. The summed E-state index contributed by atoms with van der Waals surface area (Å²) in [6, 6.07) is 7.42. The van der Waals surface area contributed by atoms with Crippen LogP contribution >= 0.6 is 0 Å². The van der Waals surface area contributed by atoms with E-state index in [1.165, 1.54) is 19.8 Å². The molecule has 27 heavy (non-hydrogen) atoms. The van der Waals surface area contributed by atoms with Crippen LogP contribution in [0.1, 0.15) is 63.9 Å². The van der Waals surface area contributed by atoms with Crippen LogP contribution in [0.15, 0.2) is 24.3 Å². The van der Waals surface area contributed by atoms with Crippen molar-refractivity contribution in [3.05, 3.63) is 29.8 Å². The van der Waals surface area contributed by atoms with Crippen LogP contribution in [0, 0.1) is 0 Å². The summed E-state index contributed by atoms with van der Waals surface area (Å²) in [6.45, 7) is 1.54. The number of para-hydroxylation sites is 1. The number of nitrogens with zero attached hydrogens (tertiary/aromatic N) is 1. The molecule has 0 saturated heterocycles. The smallest absolute Gasteiger partial charge is 0.243 e. The molecule has 146 valence electrons. The van der Waals surface area contributed by atoms with E-state index in [1.807, 2.05) is 24.3 Å². The first-order valence-corrected chi connectivity index (χ1v) is 10.5. The highest BCUT2D eigenvalue weighted by Gasteiger charge is 2.39. The van der Waals surface area contributed by atoms with Gasteiger partial charge in [-0.05, 0) is 37.3 Å². The number of fused-ring (bicyclic) bond motifs is 1. The molecule has 3 atom stereocenters. The van der Waals surface area contributed by atoms with Gasteiger partial charge in [-0.25, -0.2) is 0 Å². The van der Waals surface area contributed by atoms with Gasteiger partial charge in [0.1, 0.15) is 6.04 Å². The van der Waals surface area contributed by atoms with Gasteiger partial charge in [0.05, 0.1) is 18.2 Å². The van der Waals surface area contributed by atoms with Crippen molar-refractivity contribution in [1.82, 2.24) is 5.32 Å². The predicted molar refractivity (Wildman–Crippen MR) is 105 cm³/mol. The van der Waals surface area contributed by atoms with E-state index in [-0.39, 0.29) is 24.0 Å². The third-order valence-corrected chi connectivity index (χ3v) is 6.32. The molecule has 2 aliphatic carbocycles. The average molecular weight is 370 g/mol. The third-order valence-electron chi connectivity index (χ3n) is 6.32. The molecule has 2 saturated carbocycles. The number of ether oxygens (including phenoxy) is 1. The van der Waals surface area contributed by atoms with Gasteiger partial charge in [-0.3, -0.25) is 14.5 Å². The van der Waals surface area contributed by atoms with E-state index in [0.717, 1.165) is 49.8 Å². The molecule has 0 bridgehead atoms. The molecule has 0 spiro atoms. The molecular weight excluding hydrogens is 340 g/mol. The summed E-state index contributed by atoms with van der Waals surface area (Å²) >= 11 is 0. The molecule has 1 heterocycles. The van der Waals surface area contributed by atoms with Crippen molar-refractivity contribution in [2.75, 3.05) is 4.90 Å². The van der Waals surface area contributed by atoms with Crippen LogP contribution in [-0.2, 0) is 20.7 Å². The molecule has 1 aromatic carbocycles. The first-order chi connectivity index (χ1) is 13.1. The van der Waals surface area contributed by atoms with Gasteiger partial charge in [-0.2, -0.15) is 0 Å². The van der Waals surface area contributed by atoms with Gasteiger partial charge in [0, 0.05) is 19.0 Å². The van der Waals surface area contributed by atoms with Gasteiger partial charge >= 0.3 is 0 Å². The number of amides is 2. The van der Waals surface area contributed by atoms with E-state index < -0.39 is 6.04 Å². The SMILES string of the molecule is CC(=O)N1c2ccccc2C[C@H]1C(=O)N[C@H]1CCCC[C@H]1OC1CCCC1. The average Bonchev–Trinajstić information content (AvgIpc) is 3.30. The molecule has 1 aliphatic heterocycles. The molecule has 2 amide bonds. The number of hydrogen-bond donors (Lipinski definition) is 1. The lowest BCUT2D eigenvalue weighted by Gasteiger charge is -2.35. The second kappa shape index (κ2) is 8.01. The van der Waals surface area contributed by atoms with Gasteiger partial charge in [0.2, 0.25) is 11.8 Å². The number of benzene rings is 1. The Labute approximate surface area is 161 Å². The Balaban J connectivity index is 1.45. The first kappa shape index (κ1) is 18.5. The Morgan fingerprint density at radius 1 is 1.04 bits per heavy atom. The largest absolute Gasteiger partial charge is 0.373 e. The topological polar surface area (TPSA) is 58.6 Å². The monoisotopic (exact) mass is 370 g/mol. The fourth-order valence-electron chi connectivity index (χ4n) is 4.96. The minimum atomic E-state index is -0.450. The fourth-order valence-corrected chi connectivity index (χ4v) is 4.96. The number of hydrogen-bond acceptors (Lipinski definition) is 3. The van der Waals surface area contributed by atoms with Crippen molar-refractivity contribution < 1.29 is 14.3 Å². The predicted octanol–water partition coefficient (Wildman–Crippen LogP) is 3.35. The van der Waals surface area contributed by atoms with E-state index in [1.54, 1.807) is 4.90 Å². The fraction of sp³-hybridized carbons (Fsp3) is 0.636. The van der Waals surface area contributed by atoms with Gasteiger partial charge < -0.3 is 10.1 Å². The zero-order valence-corrected chi connectivity index (χ0v) is 16.2. The van der Waals surface area contributed by atoms with Crippen molar-refractivity contribution in [3.63, 3.8) is 0 Å². The Hall–Kier alpha value is -1.88. The molecule has 2 fully saturated rings. The molecule has 0 radical (unpaired) electrons. The Morgan fingerprint density at radius 2 is 1.74 bits per heavy atom. The maximum absolute atomic E-state index is 13.1. The molecule has 4 rings (SSSR count). The van der Waals surface area contributed by atoms with Gasteiger partial charge in [0.15, 0.2) is 0 Å². The summed E-state index contributed by atoms with van der Waals surface area (Å²) in [4.78, 5) is 27.0. The molecular formula is C22H30N2O3. The number of anilines is 1. The summed E-state index contributed by atoms with van der Waals surface area (Å²) in [7, 11) is 0. The van der Waals surface area contributed by atoms with Crippen LogP contribution in [0.25, 0.3) is 0 Å². The standard InChI is InChI=1S/C22H30N2O3/c1-15(25)24-19-12-6-2-8-16(19)14-20(24)22(26)23-18-11-5-7-13-21(18)27-17-9-3-4-10-17/h2,6,8,12,17-18,20-21H,3-5,7,9-11,13-14H2,1H3,(H,23,26)/t18-,20-,21+/m0/s1. The van der Waals surface area contributed by atoms with Crippen molar-refractivity contribution >= 4 is 17.5 Å². The summed E-state index contributed by atoms with van der Waals surface area (Å²) in [5.41, 5.74) is 1.93. The van der Waals surface area contributed by atoms with Crippen LogP contribution in [-0.4, -0.2) is 36.1 Å². The molecule has 0 unspecified atom stereocenters. The highest BCUT2D eigenvalue weighted by atomic mass is 16.5. The molecule has 1 N–H and O–H groups in total. The van der Waals surface area contributed by atoms with Crippen LogP contribution in [0.4, 0.5) is 5.69 Å². The Morgan fingerprint density at radius 3 is 2.52 bits per heavy atom. The van der Waals surface area contributed by atoms with Crippen molar-refractivity contribution in [2.45, 2.75) is 89.0 Å². The second-order valence-electron chi connectivity index (χ2n) is 8.22. The molecule has 1 aromatic rings. The third kappa shape index (κ3) is 3.88. The zero-order valence-electron chi connectivity index (χ0n) is 16.2. The first-order valence-electron chi connectivity index (χ1n) is 10.5.